The van der Waals surface area contributed by atoms with E-state index in [4.69, 9.17) is 11.1 Å². The van der Waals surface area contributed by atoms with Gasteiger partial charge in [-0.15, -0.1) is 5.73 Å². The molecule has 0 unspecified atom stereocenters. The van der Waals surface area contributed by atoms with E-state index < -0.39 is 11.9 Å². The van der Waals surface area contributed by atoms with Crippen LogP contribution in [0.25, 0.3) is 17.2 Å². The minimum absolute atomic E-state index is 0.0911. The molecule has 0 radical (unpaired) electrons. The third-order valence-electron chi connectivity index (χ3n) is 5.48. The summed E-state index contributed by atoms with van der Waals surface area (Å²) >= 11 is 0. The first-order chi connectivity index (χ1) is 17.6. The van der Waals surface area contributed by atoms with Gasteiger partial charge in [0.05, 0.1) is 5.56 Å². The number of hydrogen-bond acceptors (Lipinski definition) is 4. The molecule has 188 valence electrons. The number of nitrogen functional groups attached to an aromatic ring is 1. The summed E-state index contributed by atoms with van der Waals surface area (Å²) < 4.78 is 0. The van der Waals surface area contributed by atoms with Crippen molar-refractivity contribution in [1.82, 2.24) is 5.32 Å². The molecule has 0 atom stereocenters. The first-order valence-electron chi connectivity index (χ1n) is 11.5. The average Bonchev–Trinajstić information content (AvgIpc) is 2.87. The highest BCUT2D eigenvalue weighted by molar-refractivity contribution is 6.11. The van der Waals surface area contributed by atoms with Crippen LogP contribution < -0.4 is 16.4 Å². The van der Waals surface area contributed by atoms with E-state index in [1.165, 1.54) is 18.2 Å². The Morgan fingerprint density at radius 2 is 1.59 bits per heavy atom. The Bertz CT molecular complexity index is 1420. The summed E-state index contributed by atoms with van der Waals surface area (Å²) in [4.78, 5) is 38.1. The molecule has 8 heteroatoms. The smallest absolute Gasteiger partial charge is 0.336 e. The monoisotopic (exact) mass is 496 g/mol. The van der Waals surface area contributed by atoms with Crippen molar-refractivity contribution in [1.29, 1.82) is 5.41 Å². The molecule has 0 aliphatic rings. The van der Waals surface area contributed by atoms with Gasteiger partial charge in [-0.2, -0.15) is 0 Å². The van der Waals surface area contributed by atoms with E-state index in [2.05, 4.69) is 22.9 Å². The Hall–Kier alpha value is -4.94. The minimum atomic E-state index is -1.23. The zero-order valence-corrected chi connectivity index (χ0v) is 20.6. The van der Waals surface area contributed by atoms with E-state index >= 15 is 0 Å². The van der Waals surface area contributed by atoms with Crippen LogP contribution in [-0.2, 0) is 0 Å². The van der Waals surface area contributed by atoms with Crippen molar-refractivity contribution in [2.75, 3.05) is 11.9 Å². The van der Waals surface area contributed by atoms with Gasteiger partial charge in [-0.3, -0.25) is 15.0 Å². The molecule has 0 aliphatic carbocycles. The van der Waals surface area contributed by atoms with Crippen molar-refractivity contribution in [3.8, 4) is 11.1 Å². The fourth-order valence-electron chi connectivity index (χ4n) is 3.62. The predicted molar refractivity (Wildman–Crippen MR) is 145 cm³/mol. The lowest BCUT2D eigenvalue weighted by atomic mass is 9.92. The van der Waals surface area contributed by atoms with Gasteiger partial charge in [-0.05, 0) is 71.1 Å². The molecule has 0 saturated heterocycles. The fraction of sp³-hybridized carbons (Fsp3) is 0.138. The number of carboxylic acid groups (broad SMARTS) is 1. The summed E-state index contributed by atoms with van der Waals surface area (Å²) in [5.41, 5.74) is 10.8. The standard InChI is InChI=1S/C29H28N4O4/c1-4-5-18-6-12-22(24(14-18)28(35)33-21-10-7-19(8-11-21)26(30)31)23-13-9-20(15-25(23)29(36)37)27(34)32-16-17(2)3/h5-15,17H,1,16H2,2-3H3,(H3,30,31)(H,32,34)(H,33,35)(H,36,37). The molecule has 0 saturated carbocycles. The van der Waals surface area contributed by atoms with Gasteiger partial charge in [0.15, 0.2) is 0 Å². The summed E-state index contributed by atoms with van der Waals surface area (Å²) in [5.74, 6) is -1.92. The predicted octanol–water partition coefficient (Wildman–Crippen LogP) is 4.77. The molecule has 3 rings (SSSR count). The van der Waals surface area contributed by atoms with Crippen LogP contribution in [-0.4, -0.2) is 35.3 Å². The van der Waals surface area contributed by atoms with E-state index in [9.17, 15) is 19.5 Å². The molecule has 0 aliphatic heterocycles. The minimum Gasteiger partial charge on any atom is -0.478 e. The van der Waals surface area contributed by atoms with Gasteiger partial charge in [0.1, 0.15) is 5.84 Å². The highest BCUT2D eigenvalue weighted by Gasteiger charge is 2.21. The molecule has 0 spiro atoms. The number of amidine groups is 1. The number of aromatic carboxylic acids is 1. The lowest BCUT2D eigenvalue weighted by Gasteiger charge is -2.15. The maximum absolute atomic E-state index is 13.3. The number of hydrogen-bond donors (Lipinski definition) is 5. The Kier molecular flexibility index (Phi) is 8.40. The molecule has 3 aromatic rings. The SMILES string of the molecule is C=C=Cc1ccc(-c2ccc(C(=O)NCC(C)C)cc2C(=O)O)c(C(=O)Nc2ccc(C(=N)N)cc2)c1. The lowest BCUT2D eigenvalue weighted by molar-refractivity contribution is 0.0697. The maximum Gasteiger partial charge on any atom is 0.336 e. The highest BCUT2D eigenvalue weighted by Crippen LogP contribution is 2.30. The molecule has 37 heavy (non-hydrogen) atoms. The van der Waals surface area contributed by atoms with Gasteiger partial charge in [0, 0.05) is 28.9 Å². The largest absolute Gasteiger partial charge is 0.478 e. The third-order valence-corrected chi connectivity index (χ3v) is 5.48. The number of carbonyl (C=O) groups excluding carboxylic acids is 2. The normalized spacial score (nSPS) is 10.4. The molecule has 0 heterocycles. The Labute approximate surface area is 215 Å². The van der Waals surface area contributed by atoms with Crippen molar-refractivity contribution in [3.63, 3.8) is 0 Å². The van der Waals surface area contributed by atoms with E-state index in [1.807, 2.05) is 13.8 Å². The van der Waals surface area contributed by atoms with Crippen LogP contribution in [0, 0.1) is 11.3 Å². The summed E-state index contributed by atoms with van der Waals surface area (Å²) in [6.07, 6.45) is 1.60. The van der Waals surface area contributed by atoms with Crippen LogP contribution in [0.1, 0.15) is 56.0 Å². The van der Waals surface area contributed by atoms with Gasteiger partial charge in [-0.25, -0.2) is 4.79 Å². The summed E-state index contributed by atoms with van der Waals surface area (Å²) in [6, 6.07) is 15.8. The fourth-order valence-corrected chi connectivity index (χ4v) is 3.62. The number of nitrogens with two attached hydrogens (primary N) is 1. The second kappa shape index (κ2) is 11.7. The van der Waals surface area contributed by atoms with Crippen LogP contribution in [0.3, 0.4) is 0 Å². The van der Waals surface area contributed by atoms with E-state index in [1.54, 1.807) is 48.5 Å². The van der Waals surface area contributed by atoms with E-state index in [0.29, 0.717) is 34.5 Å². The van der Waals surface area contributed by atoms with Gasteiger partial charge in [-0.1, -0.05) is 38.6 Å². The van der Waals surface area contributed by atoms with E-state index in [-0.39, 0.29) is 34.4 Å². The zero-order valence-electron chi connectivity index (χ0n) is 20.6. The molecule has 3 aromatic carbocycles. The number of benzene rings is 3. The van der Waals surface area contributed by atoms with Gasteiger partial charge < -0.3 is 21.5 Å². The third kappa shape index (κ3) is 6.60. The zero-order chi connectivity index (χ0) is 27.1. The molecule has 0 fully saturated rings. The quantitative estimate of drug-likeness (QED) is 0.165. The molecular weight excluding hydrogens is 468 g/mol. The number of carboxylic acids is 1. The summed E-state index contributed by atoms with van der Waals surface area (Å²) in [5, 5.41) is 23.0. The van der Waals surface area contributed by atoms with Crippen LogP contribution in [0.4, 0.5) is 5.69 Å². The van der Waals surface area contributed by atoms with Gasteiger partial charge in [0.2, 0.25) is 0 Å². The number of anilines is 1. The molecule has 2 amide bonds. The number of amides is 2. The lowest BCUT2D eigenvalue weighted by Crippen LogP contribution is -2.27. The van der Waals surface area contributed by atoms with Crippen LogP contribution in [0.5, 0.6) is 0 Å². The maximum atomic E-state index is 13.3. The molecule has 0 aromatic heterocycles. The number of nitrogens with one attached hydrogen (secondary N) is 3. The molecule has 6 N–H and O–H groups in total. The second-order valence-electron chi connectivity index (χ2n) is 8.77. The Balaban J connectivity index is 2.06. The van der Waals surface area contributed by atoms with Crippen molar-refractivity contribution >= 4 is 35.4 Å². The van der Waals surface area contributed by atoms with Crippen molar-refractivity contribution in [2.45, 2.75) is 13.8 Å². The van der Waals surface area contributed by atoms with Crippen LogP contribution in [0.2, 0.25) is 0 Å². The Morgan fingerprint density at radius 3 is 2.19 bits per heavy atom. The van der Waals surface area contributed by atoms with Gasteiger partial charge >= 0.3 is 5.97 Å². The van der Waals surface area contributed by atoms with Crippen molar-refractivity contribution in [2.24, 2.45) is 11.7 Å². The molecular formula is C29H28N4O4. The summed E-state index contributed by atoms with van der Waals surface area (Å²) in [6.45, 7) is 7.94. The van der Waals surface area contributed by atoms with Crippen LogP contribution >= 0.6 is 0 Å². The first-order valence-corrected chi connectivity index (χ1v) is 11.5. The second-order valence-corrected chi connectivity index (χ2v) is 8.77. The van der Waals surface area contributed by atoms with E-state index in [0.717, 1.165) is 0 Å². The summed E-state index contributed by atoms with van der Waals surface area (Å²) in [7, 11) is 0. The highest BCUT2D eigenvalue weighted by atomic mass is 16.4. The first kappa shape index (κ1) is 26.7. The van der Waals surface area contributed by atoms with Crippen molar-refractivity contribution < 1.29 is 19.5 Å². The topological polar surface area (TPSA) is 145 Å². The number of carbonyl (C=O) groups is 3. The molecule has 0 bridgehead atoms. The van der Waals surface area contributed by atoms with Gasteiger partial charge in [0.25, 0.3) is 11.8 Å². The Morgan fingerprint density at radius 1 is 0.973 bits per heavy atom. The molecule has 8 nitrogen and oxygen atoms in total. The van der Waals surface area contributed by atoms with Crippen LogP contribution in [0.15, 0.2) is 73.0 Å². The van der Waals surface area contributed by atoms with Crippen molar-refractivity contribution in [3.05, 3.63) is 101 Å². The number of rotatable bonds is 9. The average molecular weight is 497 g/mol.